The number of rotatable bonds is 7. The van der Waals surface area contributed by atoms with Gasteiger partial charge in [0, 0.05) is 12.6 Å². The first kappa shape index (κ1) is 22.6. The standard InChI is InChI=1S/C23H21N3O5S2/c1-26(16-7-5-4-6-8-16)33(28,29)17-11-9-15(10-12-17)22(27)25-23-24-20-18(30-2)13-14-19(31-3)21(20)32-23/h4-14H,1-3H3,(H,24,25,27). The normalized spacial score (nSPS) is 11.2. The highest BCUT2D eigenvalue weighted by Crippen LogP contribution is 2.38. The van der Waals surface area contributed by atoms with E-state index in [9.17, 15) is 13.2 Å². The number of carbonyl (C=O) groups excluding carboxylic acids is 1. The Bertz CT molecular complexity index is 1360. The van der Waals surface area contributed by atoms with Crippen LogP contribution in [0.2, 0.25) is 0 Å². The van der Waals surface area contributed by atoms with Crippen molar-refractivity contribution < 1.29 is 22.7 Å². The van der Waals surface area contributed by atoms with E-state index in [1.54, 1.807) is 50.6 Å². The van der Waals surface area contributed by atoms with E-state index in [1.165, 1.54) is 47.0 Å². The Hall–Kier alpha value is -3.63. The fourth-order valence-corrected chi connectivity index (χ4v) is 5.39. The van der Waals surface area contributed by atoms with Crippen molar-refractivity contribution in [1.82, 2.24) is 4.98 Å². The molecule has 4 aromatic rings. The number of para-hydroxylation sites is 1. The first-order chi connectivity index (χ1) is 15.8. The highest BCUT2D eigenvalue weighted by atomic mass is 32.2. The Morgan fingerprint density at radius 2 is 1.58 bits per heavy atom. The average molecular weight is 484 g/mol. The number of nitrogens with one attached hydrogen (secondary N) is 1. The molecular weight excluding hydrogens is 462 g/mol. The van der Waals surface area contributed by atoms with Crippen molar-refractivity contribution in [2.75, 3.05) is 30.9 Å². The first-order valence-electron chi connectivity index (χ1n) is 9.82. The summed E-state index contributed by atoms with van der Waals surface area (Å²) in [5, 5.41) is 3.13. The number of nitrogens with zero attached hydrogens (tertiary/aromatic N) is 2. The molecule has 170 valence electrons. The molecule has 0 unspecified atom stereocenters. The molecule has 10 heteroatoms. The SMILES string of the molecule is COc1ccc(OC)c2sc(NC(=O)c3ccc(S(=O)(=O)N(C)c4ccccc4)cc3)nc12. The lowest BCUT2D eigenvalue weighted by Gasteiger charge is -2.19. The van der Waals surface area contributed by atoms with Gasteiger partial charge in [0.25, 0.3) is 15.9 Å². The van der Waals surface area contributed by atoms with E-state index < -0.39 is 15.9 Å². The van der Waals surface area contributed by atoms with Crippen molar-refractivity contribution in [3.05, 3.63) is 72.3 Å². The van der Waals surface area contributed by atoms with Gasteiger partial charge >= 0.3 is 0 Å². The van der Waals surface area contributed by atoms with Crippen molar-refractivity contribution in [1.29, 1.82) is 0 Å². The van der Waals surface area contributed by atoms with E-state index >= 15 is 0 Å². The Morgan fingerprint density at radius 1 is 0.939 bits per heavy atom. The van der Waals surface area contributed by atoms with Gasteiger partial charge in [0.2, 0.25) is 0 Å². The zero-order valence-corrected chi connectivity index (χ0v) is 19.7. The van der Waals surface area contributed by atoms with Gasteiger partial charge < -0.3 is 9.47 Å². The maximum absolute atomic E-state index is 12.9. The fourth-order valence-electron chi connectivity index (χ4n) is 3.22. The van der Waals surface area contributed by atoms with Gasteiger partial charge in [0.05, 0.1) is 24.8 Å². The zero-order valence-electron chi connectivity index (χ0n) is 18.1. The van der Waals surface area contributed by atoms with Crippen molar-refractivity contribution in [3.63, 3.8) is 0 Å². The van der Waals surface area contributed by atoms with E-state index in [0.717, 1.165) is 4.70 Å². The lowest BCUT2D eigenvalue weighted by Crippen LogP contribution is -2.26. The lowest BCUT2D eigenvalue weighted by molar-refractivity contribution is 0.102. The van der Waals surface area contributed by atoms with Gasteiger partial charge in [-0.05, 0) is 48.5 Å². The monoisotopic (exact) mass is 483 g/mol. The summed E-state index contributed by atoms with van der Waals surface area (Å²) in [5.74, 6) is 0.785. The predicted molar refractivity (Wildman–Crippen MR) is 129 cm³/mol. The number of benzene rings is 3. The summed E-state index contributed by atoms with van der Waals surface area (Å²) in [5.41, 5.74) is 1.43. The molecule has 1 N–H and O–H groups in total. The molecule has 1 heterocycles. The third-order valence-corrected chi connectivity index (χ3v) is 7.81. The summed E-state index contributed by atoms with van der Waals surface area (Å²) >= 11 is 1.26. The van der Waals surface area contributed by atoms with Crippen LogP contribution in [0.15, 0.2) is 71.6 Å². The van der Waals surface area contributed by atoms with Gasteiger partial charge in [-0.25, -0.2) is 13.4 Å². The van der Waals surface area contributed by atoms with Crippen molar-refractivity contribution in [2.45, 2.75) is 4.90 Å². The van der Waals surface area contributed by atoms with Crippen LogP contribution in [0.5, 0.6) is 11.5 Å². The zero-order chi connectivity index (χ0) is 23.6. The van der Waals surface area contributed by atoms with Gasteiger partial charge in [-0.3, -0.25) is 14.4 Å². The molecule has 0 atom stereocenters. The summed E-state index contributed by atoms with van der Waals surface area (Å²) in [6, 6.07) is 18.0. The molecule has 0 radical (unpaired) electrons. The van der Waals surface area contributed by atoms with Gasteiger partial charge in [-0.1, -0.05) is 29.5 Å². The number of anilines is 2. The molecule has 33 heavy (non-hydrogen) atoms. The molecule has 1 aromatic heterocycles. The van der Waals surface area contributed by atoms with Crippen LogP contribution in [0, 0.1) is 0 Å². The van der Waals surface area contributed by atoms with Crippen molar-refractivity contribution >= 4 is 48.3 Å². The molecule has 0 saturated carbocycles. The number of ether oxygens (including phenoxy) is 2. The Labute approximate surface area is 195 Å². The predicted octanol–water partition coefficient (Wildman–Crippen LogP) is 4.39. The maximum atomic E-state index is 12.9. The number of fused-ring (bicyclic) bond motifs is 1. The van der Waals surface area contributed by atoms with E-state index in [1.807, 2.05) is 6.07 Å². The highest BCUT2D eigenvalue weighted by Gasteiger charge is 2.22. The average Bonchev–Trinajstić information content (AvgIpc) is 3.27. The Morgan fingerprint density at radius 3 is 2.21 bits per heavy atom. The number of methoxy groups -OCH3 is 2. The lowest BCUT2D eigenvalue weighted by atomic mass is 10.2. The topological polar surface area (TPSA) is 97.8 Å². The first-order valence-corrected chi connectivity index (χ1v) is 12.1. The molecule has 8 nitrogen and oxygen atoms in total. The van der Waals surface area contributed by atoms with Crippen LogP contribution in [0.4, 0.5) is 10.8 Å². The Kier molecular flexibility index (Phi) is 6.21. The minimum Gasteiger partial charge on any atom is -0.495 e. The second-order valence-electron chi connectivity index (χ2n) is 6.95. The second kappa shape index (κ2) is 9.08. The number of sulfonamides is 1. The summed E-state index contributed by atoms with van der Waals surface area (Å²) in [6.07, 6.45) is 0. The third-order valence-electron chi connectivity index (χ3n) is 5.03. The summed E-state index contributed by atoms with van der Waals surface area (Å²) in [6.45, 7) is 0. The second-order valence-corrected chi connectivity index (χ2v) is 9.92. The molecule has 0 fully saturated rings. The number of hydrogen-bond donors (Lipinski definition) is 1. The van der Waals surface area contributed by atoms with Gasteiger partial charge in [0.1, 0.15) is 21.7 Å². The molecule has 0 aliphatic rings. The molecule has 0 aliphatic heterocycles. The van der Waals surface area contributed by atoms with E-state index in [0.29, 0.717) is 33.4 Å². The Balaban J connectivity index is 1.56. The van der Waals surface area contributed by atoms with Crippen LogP contribution >= 0.6 is 11.3 Å². The number of hydrogen-bond acceptors (Lipinski definition) is 7. The number of amides is 1. The molecule has 0 saturated heterocycles. The van der Waals surface area contributed by atoms with Crippen LogP contribution < -0.4 is 19.1 Å². The molecule has 0 spiro atoms. The molecule has 3 aromatic carbocycles. The number of aromatic nitrogens is 1. The number of thiazole rings is 1. The quantitative estimate of drug-likeness (QED) is 0.419. The van der Waals surface area contributed by atoms with Crippen molar-refractivity contribution in [3.8, 4) is 11.5 Å². The summed E-state index contributed by atoms with van der Waals surface area (Å²) in [4.78, 5) is 17.3. The molecule has 0 bridgehead atoms. The molecule has 4 rings (SSSR count). The van der Waals surface area contributed by atoms with Gasteiger partial charge in [-0.15, -0.1) is 0 Å². The highest BCUT2D eigenvalue weighted by molar-refractivity contribution is 7.92. The van der Waals surface area contributed by atoms with Gasteiger partial charge in [0.15, 0.2) is 5.13 Å². The summed E-state index contributed by atoms with van der Waals surface area (Å²) in [7, 11) is 0.829. The fraction of sp³-hybridized carbons (Fsp3) is 0.130. The molecule has 0 aliphatic carbocycles. The van der Waals surface area contributed by atoms with Crippen LogP contribution in [-0.2, 0) is 10.0 Å². The minimum absolute atomic E-state index is 0.0832. The van der Waals surface area contributed by atoms with Crippen LogP contribution in [0.1, 0.15) is 10.4 Å². The largest absolute Gasteiger partial charge is 0.495 e. The van der Waals surface area contributed by atoms with E-state index in [-0.39, 0.29) is 4.90 Å². The maximum Gasteiger partial charge on any atom is 0.264 e. The van der Waals surface area contributed by atoms with Gasteiger partial charge in [-0.2, -0.15) is 0 Å². The van der Waals surface area contributed by atoms with Crippen LogP contribution in [-0.4, -0.2) is 40.6 Å². The van der Waals surface area contributed by atoms with E-state index in [4.69, 9.17) is 9.47 Å². The number of carbonyl (C=O) groups is 1. The van der Waals surface area contributed by atoms with Crippen molar-refractivity contribution in [2.24, 2.45) is 0 Å². The molecule has 1 amide bonds. The van der Waals surface area contributed by atoms with Crippen LogP contribution in [0.25, 0.3) is 10.2 Å². The van der Waals surface area contributed by atoms with E-state index in [2.05, 4.69) is 10.3 Å². The van der Waals surface area contributed by atoms with Crippen LogP contribution in [0.3, 0.4) is 0 Å². The molecular formula is C23H21N3O5S2. The summed E-state index contributed by atoms with van der Waals surface area (Å²) < 4.78 is 38.5. The third kappa shape index (κ3) is 4.35. The minimum atomic E-state index is -3.76. The smallest absolute Gasteiger partial charge is 0.264 e.